The van der Waals surface area contributed by atoms with E-state index in [4.69, 9.17) is 9.47 Å². The van der Waals surface area contributed by atoms with Crippen molar-refractivity contribution < 1.29 is 28.2 Å². The van der Waals surface area contributed by atoms with Crippen molar-refractivity contribution in [3.8, 4) is 5.75 Å². The Morgan fingerprint density at radius 1 is 1.10 bits per heavy atom. The molecule has 0 heterocycles. The van der Waals surface area contributed by atoms with Gasteiger partial charge in [0, 0.05) is 6.54 Å². The third-order valence-electron chi connectivity index (χ3n) is 3.72. The minimum atomic E-state index is -0.774. The van der Waals surface area contributed by atoms with Gasteiger partial charge >= 0.3 is 5.97 Å². The topological polar surface area (TPSA) is 93.7 Å². The Labute approximate surface area is 182 Å². The normalized spacial score (nSPS) is 10.4. The summed E-state index contributed by atoms with van der Waals surface area (Å²) in [5.74, 6) is -1.59. The highest BCUT2D eigenvalue weighted by Gasteiger charge is 2.15. The Bertz CT molecular complexity index is 920. The lowest BCUT2D eigenvalue weighted by atomic mass is 10.1. The van der Waals surface area contributed by atoms with Gasteiger partial charge in [-0.2, -0.15) is 0 Å². The van der Waals surface area contributed by atoms with E-state index in [0.29, 0.717) is 22.3 Å². The molecule has 7 nitrogen and oxygen atoms in total. The number of rotatable bonds is 9. The monoisotopic (exact) mass is 480 g/mol. The van der Waals surface area contributed by atoms with Gasteiger partial charge in [-0.1, -0.05) is 26.0 Å². The number of carbonyl (C=O) groups is 3. The summed E-state index contributed by atoms with van der Waals surface area (Å²) in [7, 11) is 0. The smallest absolute Gasteiger partial charge is 0.344 e. The van der Waals surface area contributed by atoms with Crippen molar-refractivity contribution in [2.24, 2.45) is 5.92 Å². The summed E-state index contributed by atoms with van der Waals surface area (Å²) >= 11 is 3.12. The number of ether oxygens (including phenoxy) is 2. The molecule has 2 aromatic rings. The molecule has 0 bridgehead atoms. The van der Waals surface area contributed by atoms with Gasteiger partial charge in [-0.15, -0.1) is 0 Å². The highest BCUT2D eigenvalue weighted by atomic mass is 79.9. The fraction of sp³-hybridized carbons (Fsp3) is 0.286. The van der Waals surface area contributed by atoms with Crippen molar-refractivity contribution in [3.05, 3.63) is 58.3 Å². The van der Waals surface area contributed by atoms with Gasteiger partial charge in [0.25, 0.3) is 11.8 Å². The fourth-order valence-electron chi connectivity index (χ4n) is 2.29. The zero-order chi connectivity index (χ0) is 22.1. The first kappa shape index (κ1) is 23.3. The second-order valence-electron chi connectivity index (χ2n) is 6.72. The van der Waals surface area contributed by atoms with E-state index in [1.54, 1.807) is 24.3 Å². The van der Waals surface area contributed by atoms with Crippen molar-refractivity contribution >= 4 is 39.4 Å². The molecule has 0 spiro atoms. The first-order valence-corrected chi connectivity index (χ1v) is 9.96. The maximum atomic E-state index is 13.0. The molecule has 0 fully saturated rings. The molecule has 0 aromatic heterocycles. The van der Waals surface area contributed by atoms with E-state index < -0.39 is 30.9 Å². The van der Waals surface area contributed by atoms with Crippen LogP contribution in [0.3, 0.4) is 0 Å². The minimum Gasteiger partial charge on any atom is -0.481 e. The van der Waals surface area contributed by atoms with Gasteiger partial charge in [-0.05, 0) is 52.2 Å². The molecule has 0 unspecified atom stereocenters. The number of anilines is 1. The summed E-state index contributed by atoms with van der Waals surface area (Å²) in [4.78, 5) is 36.2. The van der Waals surface area contributed by atoms with Crippen LogP contribution in [-0.4, -0.2) is 37.5 Å². The standard InChI is InChI=1S/C21H22BrFN2O5/c1-13(2)10-24-21(28)15-5-3-4-6-17(15)25-19(26)11-30-20(27)12-29-18-8-7-14(23)9-16(18)22/h3-9,13H,10-12H2,1-2H3,(H,24,28)(H,25,26). The lowest BCUT2D eigenvalue weighted by molar-refractivity contribution is -0.149. The number of benzene rings is 2. The molecule has 2 aromatic carbocycles. The van der Waals surface area contributed by atoms with Gasteiger partial charge in [0.05, 0.1) is 15.7 Å². The zero-order valence-corrected chi connectivity index (χ0v) is 18.1. The Hall–Kier alpha value is -2.94. The zero-order valence-electron chi connectivity index (χ0n) is 16.5. The predicted octanol–water partition coefficient (Wildman–Crippen LogP) is 3.53. The molecule has 0 aliphatic heterocycles. The molecular weight excluding hydrogens is 459 g/mol. The number of nitrogens with one attached hydrogen (secondary N) is 2. The SMILES string of the molecule is CC(C)CNC(=O)c1ccccc1NC(=O)COC(=O)COc1ccc(F)cc1Br. The molecule has 0 saturated carbocycles. The van der Waals surface area contributed by atoms with Gasteiger partial charge in [0.1, 0.15) is 11.6 Å². The summed E-state index contributed by atoms with van der Waals surface area (Å²) in [5, 5.41) is 5.34. The van der Waals surface area contributed by atoms with Gasteiger partial charge in [0.2, 0.25) is 0 Å². The van der Waals surface area contributed by atoms with Crippen LogP contribution in [0.25, 0.3) is 0 Å². The van der Waals surface area contributed by atoms with Crippen molar-refractivity contribution in [3.63, 3.8) is 0 Å². The van der Waals surface area contributed by atoms with Gasteiger partial charge in [-0.25, -0.2) is 9.18 Å². The highest BCUT2D eigenvalue weighted by Crippen LogP contribution is 2.25. The largest absolute Gasteiger partial charge is 0.481 e. The molecule has 2 N–H and O–H groups in total. The van der Waals surface area contributed by atoms with Gasteiger partial charge in [0.15, 0.2) is 13.2 Å². The van der Waals surface area contributed by atoms with Crippen LogP contribution >= 0.6 is 15.9 Å². The molecule has 0 aliphatic rings. The summed E-state index contributed by atoms with van der Waals surface area (Å²) in [6.45, 7) is 3.45. The van der Waals surface area contributed by atoms with E-state index in [2.05, 4.69) is 26.6 Å². The summed E-state index contributed by atoms with van der Waals surface area (Å²) in [6.07, 6.45) is 0. The van der Waals surface area contributed by atoms with E-state index in [9.17, 15) is 18.8 Å². The summed E-state index contributed by atoms with van der Waals surface area (Å²) in [6, 6.07) is 10.3. The average molecular weight is 481 g/mol. The molecule has 9 heteroatoms. The van der Waals surface area contributed by atoms with Crippen molar-refractivity contribution in [1.82, 2.24) is 5.32 Å². The second-order valence-corrected chi connectivity index (χ2v) is 7.58. The number of esters is 1. The van der Waals surface area contributed by atoms with E-state index in [-0.39, 0.29) is 17.6 Å². The van der Waals surface area contributed by atoms with Gasteiger partial charge < -0.3 is 20.1 Å². The number of hydrogen-bond donors (Lipinski definition) is 2. The lowest BCUT2D eigenvalue weighted by Gasteiger charge is -2.13. The number of hydrogen-bond acceptors (Lipinski definition) is 5. The maximum absolute atomic E-state index is 13.0. The Morgan fingerprint density at radius 3 is 2.53 bits per heavy atom. The Balaban J connectivity index is 1.84. The number of amides is 2. The minimum absolute atomic E-state index is 0.263. The van der Waals surface area contributed by atoms with E-state index in [1.807, 2.05) is 13.8 Å². The predicted molar refractivity (Wildman–Crippen MR) is 113 cm³/mol. The Morgan fingerprint density at radius 2 is 1.83 bits per heavy atom. The molecule has 160 valence electrons. The third kappa shape index (κ3) is 7.47. The fourth-order valence-corrected chi connectivity index (χ4v) is 2.75. The lowest BCUT2D eigenvalue weighted by Crippen LogP contribution is -2.29. The van der Waals surface area contributed by atoms with Gasteiger partial charge in [-0.3, -0.25) is 9.59 Å². The van der Waals surface area contributed by atoms with E-state index in [0.717, 1.165) is 0 Å². The average Bonchev–Trinajstić information content (AvgIpc) is 2.70. The molecule has 0 saturated heterocycles. The molecular formula is C21H22BrFN2O5. The van der Waals surface area contributed by atoms with Crippen LogP contribution in [0.4, 0.5) is 10.1 Å². The number of para-hydroxylation sites is 1. The third-order valence-corrected chi connectivity index (χ3v) is 4.34. The summed E-state index contributed by atoms with van der Waals surface area (Å²) < 4.78 is 23.5. The first-order valence-electron chi connectivity index (χ1n) is 9.16. The van der Waals surface area contributed by atoms with Crippen LogP contribution in [0, 0.1) is 11.7 Å². The number of halogens is 2. The van der Waals surface area contributed by atoms with Crippen LogP contribution in [0.2, 0.25) is 0 Å². The second kappa shape index (κ2) is 11.3. The molecule has 2 rings (SSSR count). The molecule has 0 radical (unpaired) electrons. The van der Waals surface area contributed by atoms with Crippen LogP contribution in [0.1, 0.15) is 24.2 Å². The van der Waals surface area contributed by atoms with Crippen LogP contribution in [-0.2, 0) is 14.3 Å². The maximum Gasteiger partial charge on any atom is 0.344 e. The molecule has 30 heavy (non-hydrogen) atoms. The first-order chi connectivity index (χ1) is 14.3. The number of carbonyl (C=O) groups excluding carboxylic acids is 3. The molecule has 0 atom stereocenters. The molecule has 2 amide bonds. The van der Waals surface area contributed by atoms with Crippen molar-refractivity contribution in [2.75, 3.05) is 25.1 Å². The Kier molecular flexibility index (Phi) is 8.79. The highest BCUT2D eigenvalue weighted by molar-refractivity contribution is 9.10. The van der Waals surface area contributed by atoms with Crippen molar-refractivity contribution in [2.45, 2.75) is 13.8 Å². The van der Waals surface area contributed by atoms with Crippen LogP contribution < -0.4 is 15.4 Å². The quantitative estimate of drug-likeness (QED) is 0.535. The van der Waals surface area contributed by atoms with Crippen molar-refractivity contribution in [1.29, 1.82) is 0 Å². The van der Waals surface area contributed by atoms with E-state index >= 15 is 0 Å². The summed E-state index contributed by atoms with van der Waals surface area (Å²) in [5.41, 5.74) is 0.619. The van der Waals surface area contributed by atoms with E-state index in [1.165, 1.54) is 18.2 Å². The van der Waals surface area contributed by atoms with Crippen LogP contribution in [0.5, 0.6) is 5.75 Å². The molecule has 0 aliphatic carbocycles. The van der Waals surface area contributed by atoms with Crippen LogP contribution in [0.15, 0.2) is 46.9 Å².